The average molecular weight is 416 g/mol. The lowest BCUT2D eigenvalue weighted by molar-refractivity contribution is -0.126. The fraction of sp³-hybridized carbons (Fsp3) is 0.429. The zero-order valence-electron chi connectivity index (χ0n) is 12.4. The minimum Gasteiger partial charge on any atom is -0.482 e. The molecule has 0 aliphatic carbocycles. The van der Waals surface area contributed by atoms with Gasteiger partial charge in [0.2, 0.25) is 15.9 Å². The van der Waals surface area contributed by atoms with Gasteiger partial charge in [0, 0.05) is 23.1 Å². The van der Waals surface area contributed by atoms with E-state index in [-0.39, 0.29) is 29.4 Å². The fourth-order valence-electron chi connectivity index (χ4n) is 3.39. The van der Waals surface area contributed by atoms with Gasteiger partial charge in [-0.05, 0) is 34.8 Å². The van der Waals surface area contributed by atoms with Gasteiger partial charge in [-0.1, -0.05) is 0 Å². The van der Waals surface area contributed by atoms with E-state index in [2.05, 4.69) is 26.6 Å². The van der Waals surface area contributed by atoms with Crippen molar-refractivity contribution in [1.29, 1.82) is 0 Å². The fourth-order valence-corrected chi connectivity index (χ4v) is 6.24. The summed E-state index contributed by atoms with van der Waals surface area (Å²) < 4.78 is 33.2. The Morgan fingerprint density at radius 3 is 2.83 bits per heavy atom. The van der Waals surface area contributed by atoms with Crippen molar-refractivity contribution in [3.05, 3.63) is 16.6 Å². The summed E-state index contributed by atoms with van der Waals surface area (Å²) in [6.45, 7) is 0.162. The quantitative estimate of drug-likeness (QED) is 0.728. The van der Waals surface area contributed by atoms with E-state index in [0.29, 0.717) is 35.3 Å². The highest BCUT2D eigenvalue weighted by atomic mass is 79.9. The number of nitrogens with one attached hydrogen (secondary N) is 2. The monoisotopic (exact) mass is 415 g/mol. The van der Waals surface area contributed by atoms with Gasteiger partial charge in [0.25, 0.3) is 5.91 Å². The van der Waals surface area contributed by atoms with Crippen molar-refractivity contribution in [2.75, 3.05) is 18.5 Å². The number of anilines is 1. The van der Waals surface area contributed by atoms with Crippen LogP contribution in [0.5, 0.6) is 5.75 Å². The molecule has 128 valence electrons. The van der Waals surface area contributed by atoms with Crippen LogP contribution in [0.2, 0.25) is 0 Å². The van der Waals surface area contributed by atoms with Crippen LogP contribution in [-0.4, -0.2) is 49.8 Å². The Morgan fingerprint density at radius 1 is 1.25 bits per heavy atom. The van der Waals surface area contributed by atoms with E-state index >= 15 is 0 Å². The SMILES string of the molecule is O=C1COc2cc(S(=O)(=O)N3C4CCC3C(=O)NC4)c(Br)cc2N1. The molecule has 10 heteroatoms. The first-order valence-corrected chi connectivity index (χ1v) is 9.68. The van der Waals surface area contributed by atoms with Gasteiger partial charge in [0.05, 0.1) is 5.69 Å². The number of ether oxygens (including phenoxy) is 1. The maximum Gasteiger partial charge on any atom is 0.262 e. The summed E-state index contributed by atoms with van der Waals surface area (Å²) in [5.41, 5.74) is 0.413. The van der Waals surface area contributed by atoms with Crippen LogP contribution in [0.15, 0.2) is 21.5 Å². The molecule has 2 N–H and O–H groups in total. The molecular formula is C14H14BrN3O5S. The van der Waals surface area contributed by atoms with Crippen molar-refractivity contribution in [3.8, 4) is 5.75 Å². The van der Waals surface area contributed by atoms with Crippen LogP contribution in [0.3, 0.4) is 0 Å². The number of benzene rings is 1. The van der Waals surface area contributed by atoms with Crippen molar-refractivity contribution in [3.63, 3.8) is 0 Å². The van der Waals surface area contributed by atoms with Crippen LogP contribution in [0.25, 0.3) is 0 Å². The highest BCUT2D eigenvalue weighted by Gasteiger charge is 2.49. The number of sulfonamides is 1. The molecular weight excluding hydrogens is 402 g/mol. The van der Waals surface area contributed by atoms with Crippen molar-refractivity contribution in [2.45, 2.75) is 29.8 Å². The first kappa shape index (κ1) is 15.9. The average Bonchev–Trinajstić information content (AvgIpc) is 2.88. The van der Waals surface area contributed by atoms with Gasteiger partial charge in [-0.15, -0.1) is 0 Å². The maximum atomic E-state index is 13.1. The highest BCUT2D eigenvalue weighted by Crippen LogP contribution is 2.40. The van der Waals surface area contributed by atoms with E-state index < -0.39 is 16.1 Å². The molecule has 2 atom stereocenters. The summed E-state index contributed by atoms with van der Waals surface area (Å²) in [6.07, 6.45) is 1.17. The molecule has 24 heavy (non-hydrogen) atoms. The molecule has 4 rings (SSSR count). The Morgan fingerprint density at radius 2 is 2.04 bits per heavy atom. The largest absolute Gasteiger partial charge is 0.482 e. The van der Waals surface area contributed by atoms with Gasteiger partial charge in [0.15, 0.2) is 6.61 Å². The first-order chi connectivity index (χ1) is 11.4. The third kappa shape index (κ3) is 2.32. The van der Waals surface area contributed by atoms with Gasteiger partial charge in [0.1, 0.15) is 16.7 Å². The van der Waals surface area contributed by atoms with Gasteiger partial charge < -0.3 is 15.4 Å². The molecule has 1 aromatic rings. The predicted octanol–water partition coefficient (Wildman–Crippen LogP) is 0.431. The standard InChI is InChI=1S/C14H14BrN3O5S/c15-8-3-9-11(23-6-13(19)17-9)4-12(8)24(21,22)18-7-1-2-10(18)14(20)16-5-7/h3-4,7,10H,1-2,5-6H2,(H,16,20)(H,17,19). The Hall–Kier alpha value is -1.65. The van der Waals surface area contributed by atoms with Crippen molar-refractivity contribution in [1.82, 2.24) is 9.62 Å². The summed E-state index contributed by atoms with van der Waals surface area (Å²) >= 11 is 3.26. The summed E-state index contributed by atoms with van der Waals surface area (Å²) in [7, 11) is -3.88. The second-order valence-corrected chi connectivity index (χ2v) is 8.61. The number of piperazine rings is 1. The zero-order chi connectivity index (χ0) is 17.1. The van der Waals surface area contributed by atoms with E-state index in [1.807, 2.05) is 0 Å². The molecule has 2 amide bonds. The molecule has 8 nitrogen and oxygen atoms in total. The van der Waals surface area contributed by atoms with Crippen LogP contribution >= 0.6 is 15.9 Å². The Balaban J connectivity index is 1.78. The van der Waals surface area contributed by atoms with Crippen molar-refractivity contribution >= 4 is 43.5 Å². The summed E-state index contributed by atoms with van der Waals surface area (Å²) in [5, 5.41) is 5.37. The van der Waals surface area contributed by atoms with Crippen LogP contribution in [0.1, 0.15) is 12.8 Å². The number of rotatable bonds is 2. The minimum absolute atomic E-state index is 0.0315. The minimum atomic E-state index is -3.88. The summed E-state index contributed by atoms with van der Waals surface area (Å²) in [6, 6.07) is 1.99. The highest BCUT2D eigenvalue weighted by molar-refractivity contribution is 9.10. The summed E-state index contributed by atoms with van der Waals surface area (Å²) in [5.74, 6) is -0.258. The summed E-state index contributed by atoms with van der Waals surface area (Å²) in [4.78, 5) is 23.4. The molecule has 0 radical (unpaired) electrons. The van der Waals surface area contributed by atoms with E-state index in [1.54, 1.807) is 0 Å². The Bertz CT molecular complexity index is 856. The molecule has 3 heterocycles. The predicted molar refractivity (Wildman–Crippen MR) is 87.1 cm³/mol. The van der Waals surface area contributed by atoms with Crippen LogP contribution in [0.4, 0.5) is 5.69 Å². The van der Waals surface area contributed by atoms with Crippen LogP contribution in [0, 0.1) is 0 Å². The van der Waals surface area contributed by atoms with Gasteiger partial charge in [-0.25, -0.2) is 8.42 Å². The molecule has 3 aliphatic rings. The molecule has 2 saturated heterocycles. The van der Waals surface area contributed by atoms with E-state index in [1.165, 1.54) is 16.4 Å². The van der Waals surface area contributed by atoms with E-state index in [0.717, 1.165) is 0 Å². The lowest BCUT2D eigenvalue weighted by atomic mass is 10.2. The van der Waals surface area contributed by atoms with E-state index in [9.17, 15) is 18.0 Å². The zero-order valence-corrected chi connectivity index (χ0v) is 14.8. The third-order valence-corrected chi connectivity index (χ3v) is 7.40. The van der Waals surface area contributed by atoms with Crippen LogP contribution < -0.4 is 15.4 Å². The van der Waals surface area contributed by atoms with Crippen molar-refractivity contribution in [2.24, 2.45) is 0 Å². The Kier molecular flexibility index (Phi) is 3.59. The smallest absolute Gasteiger partial charge is 0.262 e. The molecule has 1 aromatic carbocycles. The molecule has 2 fully saturated rings. The molecule has 0 spiro atoms. The van der Waals surface area contributed by atoms with Gasteiger partial charge >= 0.3 is 0 Å². The number of hydrogen-bond acceptors (Lipinski definition) is 5. The lowest BCUT2D eigenvalue weighted by Gasteiger charge is -2.33. The number of nitrogens with zero attached hydrogens (tertiary/aromatic N) is 1. The Labute approximate surface area is 146 Å². The maximum absolute atomic E-state index is 13.1. The van der Waals surface area contributed by atoms with Crippen LogP contribution in [-0.2, 0) is 19.6 Å². The van der Waals surface area contributed by atoms with Gasteiger partial charge in [-0.2, -0.15) is 4.31 Å². The first-order valence-electron chi connectivity index (χ1n) is 7.45. The molecule has 0 saturated carbocycles. The molecule has 0 aromatic heterocycles. The number of fused-ring (bicyclic) bond motifs is 3. The molecule has 3 aliphatic heterocycles. The number of carbonyl (C=O) groups excluding carboxylic acids is 2. The number of carbonyl (C=O) groups is 2. The normalized spacial score (nSPS) is 26.4. The van der Waals surface area contributed by atoms with E-state index in [4.69, 9.17) is 4.74 Å². The second-order valence-electron chi connectivity index (χ2n) is 5.94. The lowest BCUT2D eigenvalue weighted by Crippen LogP contribution is -2.57. The van der Waals surface area contributed by atoms with Crippen molar-refractivity contribution < 1.29 is 22.7 Å². The van der Waals surface area contributed by atoms with Gasteiger partial charge in [-0.3, -0.25) is 9.59 Å². The number of halogens is 1. The third-order valence-electron chi connectivity index (χ3n) is 4.48. The topological polar surface area (TPSA) is 105 Å². The molecule has 2 bridgehead atoms. The molecule has 2 unspecified atom stereocenters. The number of hydrogen-bond donors (Lipinski definition) is 2. The number of amides is 2. The second kappa shape index (κ2) is 5.43.